The lowest BCUT2D eigenvalue weighted by molar-refractivity contribution is 0.853. The Morgan fingerprint density at radius 2 is 1.83 bits per heavy atom. The Bertz CT molecular complexity index is 991. The fourth-order valence-corrected chi connectivity index (χ4v) is 2.61. The van der Waals surface area contributed by atoms with Crippen LogP contribution in [0, 0.1) is 6.92 Å². The van der Waals surface area contributed by atoms with Gasteiger partial charge in [-0.3, -0.25) is 0 Å². The van der Waals surface area contributed by atoms with E-state index in [9.17, 15) is 0 Å². The average molecular weight is 322 g/mol. The fourth-order valence-electron chi connectivity index (χ4n) is 2.49. The van der Waals surface area contributed by atoms with Gasteiger partial charge in [0.05, 0.1) is 0 Å². The van der Waals surface area contributed by atoms with Crippen LogP contribution in [-0.4, -0.2) is 24.7 Å². The van der Waals surface area contributed by atoms with E-state index in [1.54, 1.807) is 10.9 Å². The average Bonchev–Trinajstić information content (AvgIpc) is 2.95. The molecule has 3 aromatic heterocycles. The molecule has 0 radical (unpaired) electrons. The van der Waals surface area contributed by atoms with Crippen molar-refractivity contribution in [1.29, 1.82) is 0 Å². The predicted molar refractivity (Wildman–Crippen MR) is 89.6 cm³/mol. The van der Waals surface area contributed by atoms with E-state index in [4.69, 9.17) is 16.7 Å². The number of benzene rings is 1. The lowest BCUT2D eigenvalue weighted by Gasteiger charge is -2.01. The van der Waals surface area contributed by atoms with Gasteiger partial charge < -0.3 is 0 Å². The second-order valence-electron chi connectivity index (χ2n) is 5.16. The minimum Gasteiger partial charge on any atom is -0.242 e. The predicted octanol–water partition coefficient (Wildman–Crippen LogP) is 3.84. The highest BCUT2D eigenvalue weighted by atomic mass is 35.5. The van der Waals surface area contributed by atoms with E-state index < -0.39 is 0 Å². The summed E-state index contributed by atoms with van der Waals surface area (Å²) >= 11 is 5.98. The first-order valence-corrected chi connectivity index (χ1v) is 7.49. The largest absolute Gasteiger partial charge is 0.242 e. The molecule has 0 bridgehead atoms. The summed E-state index contributed by atoms with van der Waals surface area (Å²) in [7, 11) is 0. The minimum atomic E-state index is 0.696. The van der Waals surface area contributed by atoms with Crippen LogP contribution in [0.5, 0.6) is 0 Å². The standard InChI is InChI=1S/C17H12ClN5/c1-11-9-15(21-10-20-11)23-17-14(3-2-8-19-17)16(22-23)12-4-6-13(18)7-5-12/h2-10H,1H3. The van der Waals surface area contributed by atoms with Crippen molar-refractivity contribution < 1.29 is 0 Å². The molecule has 6 heteroatoms. The van der Waals surface area contributed by atoms with Gasteiger partial charge in [-0.2, -0.15) is 9.78 Å². The third-order valence-electron chi connectivity index (χ3n) is 3.57. The van der Waals surface area contributed by atoms with Gasteiger partial charge in [-0.25, -0.2) is 15.0 Å². The van der Waals surface area contributed by atoms with Crippen LogP contribution in [0.3, 0.4) is 0 Å². The normalized spacial score (nSPS) is 11.0. The molecule has 0 aliphatic carbocycles. The molecule has 4 aromatic rings. The van der Waals surface area contributed by atoms with Gasteiger partial charge in [-0.1, -0.05) is 23.7 Å². The number of halogens is 1. The second kappa shape index (κ2) is 5.44. The molecule has 0 saturated carbocycles. The smallest absolute Gasteiger partial charge is 0.165 e. The molecule has 5 nitrogen and oxygen atoms in total. The molecular weight excluding hydrogens is 310 g/mol. The van der Waals surface area contributed by atoms with Crippen LogP contribution in [0.25, 0.3) is 28.1 Å². The molecule has 0 saturated heterocycles. The van der Waals surface area contributed by atoms with Crippen LogP contribution in [0.15, 0.2) is 55.0 Å². The summed E-state index contributed by atoms with van der Waals surface area (Å²) in [5, 5.41) is 6.38. The first-order chi connectivity index (χ1) is 11.2. The first-order valence-electron chi connectivity index (χ1n) is 7.11. The van der Waals surface area contributed by atoms with Crippen LogP contribution in [0.1, 0.15) is 5.69 Å². The molecule has 3 heterocycles. The van der Waals surface area contributed by atoms with Gasteiger partial charge in [0.1, 0.15) is 12.0 Å². The highest BCUT2D eigenvalue weighted by molar-refractivity contribution is 6.30. The number of rotatable bonds is 2. The summed E-state index contributed by atoms with van der Waals surface area (Å²) in [6.45, 7) is 1.92. The van der Waals surface area contributed by atoms with Crippen molar-refractivity contribution in [3.63, 3.8) is 0 Å². The van der Waals surface area contributed by atoms with Gasteiger partial charge in [0, 0.05) is 33.9 Å². The highest BCUT2D eigenvalue weighted by Gasteiger charge is 2.15. The molecule has 23 heavy (non-hydrogen) atoms. The number of aryl methyl sites for hydroxylation is 1. The van der Waals surface area contributed by atoms with Crippen LogP contribution in [0.2, 0.25) is 5.02 Å². The summed E-state index contributed by atoms with van der Waals surface area (Å²) < 4.78 is 1.74. The molecule has 0 aliphatic heterocycles. The quantitative estimate of drug-likeness (QED) is 0.563. The van der Waals surface area contributed by atoms with Crippen molar-refractivity contribution in [1.82, 2.24) is 24.7 Å². The molecular formula is C17H12ClN5. The third-order valence-corrected chi connectivity index (χ3v) is 3.82. The van der Waals surface area contributed by atoms with Crippen LogP contribution < -0.4 is 0 Å². The Balaban J connectivity index is 1.98. The van der Waals surface area contributed by atoms with Gasteiger partial charge in [0.2, 0.25) is 0 Å². The zero-order chi connectivity index (χ0) is 15.8. The summed E-state index contributed by atoms with van der Waals surface area (Å²) in [6.07, 6.45) is 3.28. The second-order valence-corrected chi connectivity index (χ2v) is 5.60. The highest BCUT2D eigenvalue weighted by Crippen LogP contribution is 2.28. The van der Waals surface area contributed by atoms with Crippen LogP contribution in [0.4, 0.5) is 0 Å². The van der Waals surface area contributed by atoms with Gasteiger partial charge in [0.15, 0.2) is 11.5 Å². The molecule has 0 amide bonds. The number of pyridine rings is 1. The van der Waals surface area contributed by atoms with E-state index in [0.29, 0.717) is 10.8 Å². The van der Waals surface area contributed by atoms with E-state index in [0.717, 1.165) is 28.0 Å². The van der Waals surface area contributed by atoms with Crippen LogP contribution >= 0.6 is 11.6 Å². The third kappa shape index (κ3) is 2.45. The lowest BCUT2D eigenvalue weighted by Crippen LogP contribution is -2.01. The van der Waals surface area contributed by atoms with Gasteiger partial charge in [0.25, 0.3) is 0 Å². The van der Waals surface area contributed by atoms with Gasteiger partial charge in [-0.15, -0.1) is 0 Å². The number of hydrogen-bond acceptors (Lipinski definition) is 4. The molecule has 0 unspecified atom stereocenters. The first kappa shape index (κ1) is 13.8. The number of aromatic nitrogens is 5. The maximum absolute atomic E-state index is 5.98. The molecule has 4 rings (SSSR count). The molecule has 1 aromatic carbocycles. The maximum Gasteiger partial charge on any atom is 0.165 e. The van der Waals surface area contributed by atoms with Crippen molar-refractivity contribution in [2.75, 3.05) is 0 Å². The summed E-state index contributed by atoms with van der Waals surface area (Å²) in [4.78, 5) is 12.9. The van der Waals surface area contributed by atoms with E-state index in [1.165, 1.54) is 6.33 Å². The van der Waals surface area contributed by atoms with Crippen molar-refractivity contribution in [2.24, 2.45) is 0 Å². The van der Waals surface area contributed by atoms with Gasteiger partial charge >= 0.3 is 0 Å². The van der Waals surface area contributed by atoms with Crippen molar-refractivity contribution in [3.8, 4) is 17.1 Å². The van der Waals surface area contributed by atoms with E-state index in [-0.39, 0.29) is 0 Å². The number of fused-ring (bicyclic) bond motifs is 1. The lowest BCUT2D eigenvalue weighted by atomic mass is 10.1. The molecule has 0 fully saturated rings. The Kier molecular flexibility index (Phi) is 3.28. The molecule has 0 spiro atoms. The summed E-state index contributed by atoms with van der Waals surface area (Å²) in [5.74, 6) is 0.696. The number of nitrogens with zero attached hydrogens (tertiary/aromatic N) is 5. The zero-order valence-corrected chi connectivity index (χ0v) is 13.1. The van der Waals surface area contributed by atoms with Crippen molar-refractivity contribution in [3.05, 3.63) is 65.7 Å². The fraction of sp³-hybridized carbons (Fsp3) is 0.0588. The topological polar surface area (TPSA) is 56.5 Å². The molecule has 0 aliphatic rings. The van der Waals surface area contributed by atoms with E-state index in [2.05, 4.69) is 15.0 Å². The Morgan fingerprint density at radius 3 is 2.61 bits per heavy atom. The monoisotopic (exact) mass is 321 g/mol. The molecule has 112 valence electrons. The summed E-state index contributed by atoms with van der Waals surface area (Å²) in [5.41, 5.74) is 3.47. The summed E-state index contributed by atoms with van der Waals surface area (Å²) in [6, 6.07) is 13.4. The Hall–Kier alpha value is -2.79. The maximum atomic E-state index is 5.98. The van der Waals surface area contributed by atoms with Gasteiger partial charge in [-0.05, 0) is 31.2 Å². The Labute approximate surface area is 137 Å². The van der Waals surface area contributed by atoms with E-state index in [1.807, 2.05) is 49.4 Å². The minimum absolute atomic E-state index is 0.696. The van der Waals surface area contributed by atoms with E-state index >= 15 is 0 Å². The van der Waals surface area contributed by atoms with Crippen LogP contribution in [-0.2, 0) is 0 Å². The molecule has 0 atom stereocenters. The van der Waals surface area contributed by atoms with Crippen molar-refractivity contribution in [2.45, 2.75) is 6.92 Å². The Morgan fingerprint density at radius 1 is 1.00 bits per heavy atom. The SMILES string of the molecule is Cc1cc(-n2nc(-c3ccc(Cl)cc3)c3cccnc32)ncn1. The van der Waals surface area contributed by atoms with Crippen molar-refractivity contribution >= 4 is 22.6 Å². The number of hydrogen-bond donors (Lipinski definition) is 0. The molecule has 0 N–H and O–H groups in total. The zero-order valence-electron chi connectivity index (χ0n) is 12.3.